The number of thiophene rings is 1. The number of carbonyl (C=O) groups is 2. The van der Waals surface area contributed by atoms with Crippen LogP contribution in [0.5, 0.6) is 0 Å². The van der Waals surface area contributed by atoms with Crippen LogP contribution in [-0.2, 0) is 17.6 Å². The summed E-state index contributed by atoms with van der Waals surface area (Å²) in [5.41, 5.74) is 1.85. The maximum atomic E-state index is 12.4. The van der Waals surface area contributed by atoms with Crippen molar-refractivity contribution >= 4 is 28.8 Å². The number of rotatable bonds is 6. The molecule has 0 saturated carbocycles. The summed E-state index contributed by atoms with van der Waals surface area (Å²) in [6.07, 6.45) is 3.27. The predicted molar refractivity (Wildman–Crippen MR) is 99.2 cm³/mol. The summed E-state index contributed by atoms with van der Waals surface area (Å²) in [5.74, 6) is -0.0148. The van der Waals surface area contributed by atoms with Crippen molar-refractivity contribution in [3.8, 4) is 0 Å². The van der Waals surface area contributed by atoms with Crippen LogP contribution < -0.4 is 10.2 Å². The Balaban J connectivity index is 1.59. The molecule has 3 rings (SSSR count). The van der Waals surface area contributed by atoms with Crippen LogP contribution in [0.2, 0.25) is 0 Å². The lowest BCUT2D eigenvalue weighted by Crippen LogP contribution is -2.36. The van der Waals surface area contributed by atoms with Gasteiger partial charge in [0, 0.05) is 42.7 Å². The summed E-state index contributed by atoms with van der Waals surface area (Å²) in [6, 6.07) is 7.60. The first-order chi connectivity index (χ1) is 12.0. The SMILES string of the molecule is CN(C)CC(=O)N1CCc2sc(C(=O)NCCc3ccccn3)cc21. The van der Waals surface area contributed by atoms with E-state index >= 15 is 0 Å². The van der Waals surface area contributed by atoms with Gasteiger partial charge in [0.05, 0.1) is 17.1 Å². The lowest BCUT2D eigenvalue weighted by Gasteiger charge is -2.18. The summed E-state index contributed by atoms with van der Waals surface area (Å²) in [4.78, 5) is 34.3. The average molecular weight is 358 g/mol. The van der Waals surface area contributed by atoms with Gasteiger partial charge >= 0.3 is 0 Å². The lowest BCUT2D eigenvalue weighted by atomic mass is 10.2. The summed E-state index contributed by atoms with van der Waals surface area (Å²) in [6.45, 7) is 1.62. The largest absolute Gasteiger partial charge is 0.351 e. The Morgan fingerprint density at radius 1 is 1.36 bits per heavy atom. The lowest BCUT2D eigenvalue weighted by molar-refractivity contribution is -0.119. The third-order valence-corrected chi connectivity index (χ3v) is 5.19. The quantitative estimate of drug-likeness (QED) is 0.851. The zero-order valence-corrected chi connectivity index (χ0v) is 15.3. The number of fused-ring (bicyclic) bond motifs is 1. The first-order valence-corrected chi connectivity index (χ1v) is 9.12. The van der Waals surface area contributed by atoms with Gasteiger partial charge in [-0.05, 0) is 32.3 Å². The molecule has 0 unspecified atom stereocenters. The Morgan fingerprint density at radius 3 is 2.92 bits per heavy atom. The fourth-order valence-corrected chi connectivity index (χ4v) is 3.89. The van der Waals surface area contributed by atoms with E-state index in [9.17, 15) is 9.59 Å². The molecule has 0 atom stereocenters. The summed E-state index contributed by atoms with van der Waals surface area (Å²) in [5, 5.41) is 2.93. The number of hydrogen-bond acceptors (Lipinski definition) is 5. The molecule has 2 aromatic rings. The number of aromatic nitrogens is 1. The van der Waals surface area contributed by atoms with E-state index in [0.717, 1.165) is 22.7 Å². The van der Waals surface area contributed by atoms with Crippen LogP contribution in [0, 0.1) is 0 Å². The van der Waals surface area contributed by atoms with E-state index < -0.39 is 0 Å². The van der Waals surface area contributed by atoms with Crippen LogP contribution in [0.15, 0.2) is 30.5 Å². The van der Waals surface area contributed by atoms with Crippen molar-refractivity contribution in [2.75, 3.05) is 38.6 Å². The van der Waals surface area contributed by atoms with Gasteiger partial charge < -0.3 is 15.1 Å². The molecule has 25 heavy (non-hydrogen) atoms. The van der Waals surface area contributed by atoms with Gasteiger partial charge in [0.25, 0.3) is 5.91 Å². The number of nitrogens with one attached hydrogen (secondary N) is 1. The van der Waals surface area contributed by atoms with Crippen molar-refractivity contribution in [1.82, 2.24) is 15.2 Å². The third kappa shape index (κ3) is 4.24. The van der Waals surface area contributed by atoms with Crippen molar-refractivity contribution in [2.24, 2.45) is 0 Å². The molecular formula is C18H22N4O2S. The molecule has 0 spiro atoms. The maximum Gasteiger partial charge on any atom is 0.261 e. The molecule has 2 amide bonds. The number of likely N-dealkylation sites (N-methyl/N-ethyl adjacent to an activating group) is 1. The third-order valence-electron chi connectivity index (χ3n) is 4.01. The number of nitrogens with zero attached hydrogens (tertiary/aromatic N) is 3. The molecule has 6 nitrogen and oxygen atoms in total. The Labute approximate surface area is 151 Å². The molecule has 0 aliphatic carbocycles. The first kappa shape index (κ1) is 17.6. The number of hydrogen-bond donors (Lipinski definition) is 1. The predicted octanol–water partition coefficient (Wildman–Crippen LogP) is 1.57. The van der Waals surface area contributed by atoms with Gasteiger partial charge in [-0.2, -0.15) is 0 Å². The topological polar surface area (TPSA) is 65.5 Å². The number of pyridine rings is 1. The van der Waals surface area contributed by atoms with E-state index in [0.29, 0.717) is 30.9 Å². The highest BCUT2D eigenvalue weighted by Crippen LogP contribution is 2.35. The van der Waals surface area contributed by atoms with Crippen LogP contribution in [-0.4, -0.2) is 55.4 Å². The zero-order valence-electron chi connectivity index (χ0n) is 14.5. The van der Waals surface area contributed by atoms with E-state index in [1.165, 1.54) is 11.3 Å². The molecule has 0 radical (unpaired) electrons. The van der Waals surface area contributed by atoms with Gasteiger partial charge in [-0.3, -0.25) is 14.6 Å². The Hall–Kier alpha value is -2.25. The van der Waals surface area contributed by atoms with E-state index in [-0.39, 0.29) is 11.8 Å². The second-order valence-electron chi connectivity index (χ2n) is 6.28. The van der Waals surface area contributed by atoms with Crippen LogP contribution in [0.1, 0.15) is 20.2 Å². The van der Waals surface area contributed by atoms with Crippen molar-refractivity contribution < 1.29 is 9.59 Å². The van der Waals surface area contributed by atoms with E-state index in [2.05, 4.69) is 10.3 Å². The highest BCUT2D eigenvalue weighted by atomic mass is 32.1. The summed E-state index contributed by atoms with van der Waals surface area (Å²) >= 11 is 1.48. The van der Waals surface area contributed by atoms with E-state index in [4.69, 9.17) is 0 Å². The molecule has 1 N–H and O–H groups in total. The van der Waals surface area contributed by atoms with Crippen LogP contribution in [0.25, 0.3) is 0 Å². The zero-order chi connectivity index (χ0) is 17.8. The van der Waals surface area contributed by atoms with Gasteiger partial charge in [0.15, 0.2) is 0 Å². The van der Waals surface area contributed by atoms with Gasteiger partial charge in [-0.15, -0.1) is 11.3 Å². The molecule has 3 heterocycles. The fraction of sp³-hybridized carbons (Fsp3) is 0.389. The molecule has 2 aromatic heterocycles. The van der Waals surface area contributed by atoms with Crippen LogP contribution in [0.3, 0.4) is 0 Å². The molecular weight excluding hydrogens is 336 g/mol. The fourth-order valence-electron chi connectivity index (χ4n) is 2.82. The number of amides is 2. The molecule has 0 saturated heterocycles. The minimum absolute atomic E-state index is 0.0728. The smallest absolute Gasteiger partial charge is 0.261 e. The average Bonchev–Trinajstić information content (AvgIpc) is 3.15. The second-order valence-corrected chi connectivity index (χ2v) is 7.42. The van der Waals surface area contributed by atoms with E-state index in [1.807, 2.05) is 43.3 Å². The Bertz CT molecular complexity index is 758. The molecule has 1 aliphatic heterocycles. The minimum Gasteiger partial charge on any atom is -0.351 e. The molecule has 1 aliphatic rings. The summed E-state index contributed by atoms with van der Waals surface area (Å²) < 4.78 is 0. The Morgan fingerprint density at radius 2 is 2.20 bits per heavy atom. The molecule has 7 heteroatoms. The van der Waals surface area contributed by atoms with Crippen molar-refractivity contribution in [1.29, 1.82) is 0 Å². The van der Waals surface area contributed by atoms with E-state index in [1.54, 1.807) is 11.1 Å². The van der Waals surface area contributed by atoms with Crippen molar-refractivity contribution in [3.05, 3.63) is 45.9 Å². The maximum absolute atomic E-state index is 12.4. The minimum atomic E-state index is -0.0876. The van der Waals surface area contributed by atoms with Gasteiger partial charge in [-0.25, -0.2) is 0 Å². The van der Waals surface area contributed by atoms with Crippen LogP contribution >= 0.6 is 11.3 Å². The highest BCUT2D eigenvalue weighted by Gasteiger charge is 2.28. The normalized spacial score (nSPS) is 13.2. The monoisotopic (exact) mass is 358 g/mol. The van der Waals surface area contributed by atoms with Gasteiger partial charge in [0.2, 0.25) is 5.91 Å². The standard InChI is InChI=1S/C18H22N4O2S/c1-21(2)12-17(23)22-10-7-15-14(22)11-16(25-15)18(24)20-9-6-13-5-3-4-8-19-13/h3-5,8,11H,6-7,9-10,12H2,1-2H3,(H,20,24). The molecule has 0 aromatic carbocycles. The van der Waals surface area contributed by atoms with Crippen molar-refractivity contribution in [3.63, 3.8) is 0 Å². The first-order valence-electron chi connectivity index (χ1n) is 8.30. The number of carbonyl (C=O) groups excluding carboxylic acids is 2. The van der Waals surface area contributed by atoms with Gasteiger partial charge in [-0.1, -0.05) is 6.07 Å². The molecule has 0 fully saturated rings. The second kappa shape index (κ2) is 7.76. The number of anilines is 1. The Kier molecular flexibility index (Phi) is 5.45. The summed E-state index contributed by atoms with van der Waals surface area (Å²) in [7, 11) is 3.76. The van der Waals surface area contributed by atoms with Crippen molar-refractivity contribution in [2.45, 2.75) is 12.8 Å². The molecule has 132 valence electrons. The highest BCUT2D eigenvalue weighted by molar-refractivity contribution is 7.14. The van der Waals surface area contributed by atoms with Gasteiger partial charge in [0.1, 0.15) is 0 Å². The molecule has 0 bridgehead atoms. The van der Waals surface area contributed by atoms with Crippen LogP contribution in [0.4, 0.5) is 5.69 Å².